The Morgan fingerprint density at radius 2 is 1.29 bits per heavy atom. The van der Waals surface area contributed by atoms with Gasteiger partial charge in [-0.15, -0.1) is 0 Å². The lowest BCUT2D eigenvalue weighted by Gasteiger charge is -2.21. The molecule has 0 spiro atoms. The van der Waals surface area contributed by atoms with Crippen molar-refractivity contribution in [2.24, 2.45) is 0 Å². The van der Waals surface area contributed by atoms with Gasteiger partial charge in [-0.1, -0.05) is 51.9 Å². The van der Waals surface area contributed by atoms with Crippen LogP contribution in [-0.2, 0) is 0 Å². The molecule has 0 aliphatic heterocycles. The third kappa shape index (κ3) is 9.02. The first-order chi connectivity index (χ1) is 8.09. The zero-order valence-corrected chi connectivity index (χ0v) is 12.2. The zero-order valence-electron chi connectivity index (χ0n) is 12.2. The molecule has 0 aromatic rings. The molecule has 0 radical (unpaired) electrons. The summed E-state index contributed by atoms with van der Waals surface area (Å²) in [6, 6.07) is 0.105. The van der Waals surface area contributed by atoms with Gasteiger partial charge in [0.2, 0.25) is 0 Å². The monoisotopic (exact) mass is 242 g/mol. The highest BCUT2D eigenvalue weighted by Crippen LogP contribution is 2.08. The number of carbonyl (C=O) groups excluding carboxylic acids is 1. The number of rotatable bonds is 9. The van der Waals surface area contributed by atoms with Crippen LogP contribution in [0.3, 0.4) is 0 Å². The highest BCUT2D eigenvalue weighted by atomic mass is 16.2. The first kappa shape index (κ1) is 16.3. The predicted octanol–water partition coefficient (Wildman–Crippen LogP) is 3.74. The van der Waals surface area contributed by atoms with Crippen molar-refractivity contribution in [2.45, 2.75) is 58.3 Å². The summed E-state index contributed by atoms with van der Waals surface area (Å²) in [6.45, 7) is 3.13. The van der Waals surface area contributed by atoms with Gasteiger partial charge in [0.15, 0.2) is 0 Å². The van der Waals surface area contributed by atoms with Gasteiger partial charge in [0.05, 0.1) is 0 Å². The van der Waals surface area contributed by atoms with Crippen molar-refractivity contribution >= 4 is 6.03 Å². The molecule has 102 valence electrons. The smallest absolute Gasteiger partial charge is 0.319 e. The van der Waals surface area contributed by atoms with Crippen LogP contribution in [-0.4, -0.2) is 43.5 Å². The van der Waals surface area contributed by atoms with Crippen LogP contribution in [0.2, 0.25) is 0 Å². The maximum absolute atomic E-state index is 11.5. The van der Waals surface area contributed by atoms with Crippen molar-refractivity contribution in [2.75, 3.05) is 27.7 Å². The van der Waals surface area contributed by atoms with Gasteiger partial charge in [-0.2, -0.15) is 0 Å². The summed E-state index contributed by atoms with van der Waals surface area (Å²) in [7, 11) is 5.47. The van der Waals surface area contributed by atoms with Gasteiger partial charge in [-0.05, 0) is 6.42 Å². The van der Waals surface area contributed by atoms with Gasteiger partial charge >= 0.3 is 6.03 Å². The molecule has 0 aromatic heterocycles. The Morgan fingerprint density at radius 3 is 1.76 bits per heavy atom. The van der Waals surface area contributed by atoms with Crippen molar-refractivity contribution in [1.82, 2.24) is 9.80 Å². The van der Waals surface area contributed by atoms with E-state index in [0.717, 1.165) is 13.0 Å². The van der Waals surface area contributed by atoms with E-state index in [1.807, 2.05) is 7.05 Å². The molecule has 3 heteroatoms. The average molecular weight is 242 g/mol. The Kier molecular flexibility index (Phi) is 9.98. The summed E-state index contributed by atoms with van der Waals surface area (Å²) >= 11 is 0. The zero-order chi connectivity index (χ0) is 13.1. The fourth-order valence-corrected chi connectivity index (χ4v) is 1.92. The number of urea groups is 1. The largest absolute Gasteiger partial charge is 0.331 e. The third-order valence-electron chi connectivity index (χ3n) is 3.06. The Morgan fingerprint density at radius 1 is 0.824 bits per heavy atom. The van der Waals surface area contributed by atoms with Gasteiger partial charge in [0.25, 0.3) is 0 Å². The maximum Gasteiger partial charge on any atom is 0.319 e. The van der Waals surface area contributed by atoms with E-state index < -0.39 is 0 Å². The molecular weight excluding hydrogens is 212 g/mol. The molecule has 17 heavy (non-hydrogen) atoms. The molecule has 0 saturated heterocycles. The molecule has 2 amide bonds. The predicted molar refractivity (Wildman–Crippen MR) is 74.3 cm³/mol. The maximum atomic E-state index is 11.5. The number of carbonyl (C=O) groups is 1. The van der Waals surface area contributed by atoms with E-state index in [1.165, 1.54) is 44.9 Å². The second kappa shape index (κ2) is 10.4. The first-order valence-electron chi connectivity index (χ1n) is 7.02. The minimum atomic E-state index is 0.105. The molecule has 0 aliphatic carbocycles. The Balaban J connectivity index is 3.30. The number of hydrogen-bond acceptors (Lipinski definition) is 1. The molecular formula is C14H30N2O. The average Bonchev–Trinajstić information content (AvgIpc) is 2.31. The topological polar surface area (TPSA) is 23.6 Å². The van der Waals surface area contributed by atoms with Crippen LogP contribution in [0.25, 0.3) is 0 Å². The molecule has 0 bridgehead atoms. The summed E-state index contributed by atoms with van der Waals surface area (Å²) in [5, 5.41) is 0. The number of amides is 2. The summed E-state index contributed by atoms with van der Waals surface area (Å²) in [5.41, 5.74) is 0. The summed E-state index contributed by atoms with van der Waals surface area (Å²) in [4.78, 5) is 15.0. The molecule has 0 aliphatic rings. The van der Waals surface area contributed by atoms with E-state index in [9.17, 15) is 4.79 Å². The fourth-order valence-electron chi connectivity index (χ4n) is 1.92. The highest BCUT2D eigenvalue weighted by molar-refractivity contribution is 5.73. The normalized spacial score (nSPS) is 10.4. The lowest BCUT2D eigenvalue weighted by atomic mass is 10.1. The minimum absolute atomic E-state index is 0.105. The Labute approximate surface area is 107 Å². The molecule has 0 saturated carbocycles. The summed E-state index contributed by atoms with van der Waals surface area (Å²) < 4.78 is 0. The highest BCUT2D eigenvalue weighted by Gasteiger charge is 2.08. The summed E-state index contributed by atoms with van der Waals surface area (Å²) in [6.07, 6.45) is 10.5. The van der Waals surface area contributed by atoms with Gasteiger partial charge in [-0.3, -0.25) is 0 Å². The van der Waals surface area contributed by atoms with Crippen molar-refractivity contribution in [3.05, 3.63) is 0 Å². The fraction of sp³-hybridized carbons (Fsp3) is 0.929. The Hall–Kier alpha value is -0.730. The lowest BCUT2D eigenvalue weighted by molar-refractivity contribution is 0.181. The second-order valence-electron chi connectivity index (χ2n) is 5.07. The number of unbranched alkanes of at least 4 members (excludes halogenated alkanes) is 7. The van der Waals surface area contributed by atoms with Gasteiger partial charge in [0.1, 0.15) is 0 Å². The molecule has 0 unspecified atom stereocenters. The van der Waals surface area contributed by atoms with E-state index in [4.69, 9.17) is 0 Å². The van der Waals surface area contributed by atoms with Crippen LogP contribution in [0, 0.1) is 0 Å². The summed E-state index contributed by atoms with van der Waals surface area (Å²) in [5.74, 6) is 0. The molecule has 0 N–H and O–H groups in total. The van der Waals surface area contributed by atoms with Crippen molar-refractivity contribution in [3.8, 4) is 0 Å². The van der Waals surface area contributed by atoms with E-state index in [1.54, 1.807) is 23.9 Å². The quantitative estimate of drug-likeness (QED) is 0.565. The molecule has 0 aromatic carbocycles. The molecule has 0 heterocycles. The van der Waals surface area contributed by atoms with Crippen LogP contribution in [0.4, 0.5) is 4.79 Å². The molecule has 0 rings (SSSR count). The van der Waals surface area contributed by atoms with Crippen LogP contribution < -0.4 is 0 Å². The van der Waals surface area contributed by atoms with Crippen LogP contribution >= 0.6 is 0 Å². The van der Waals surface area contributed by atoms with Crippen LogP contribution in [0.5, 0.6) is 0 Å². The molecule has 0 fully saturated rings. The van der Waals surface area contributed by atoms with Crippen LogP contribution in [0.15, 0.2) is 0 Å². The number of nitrogens with zero attached hydrogens (tertiary/aromatic N) is 2. The van der Waals surface area contributed by atoms with Crippen molar-refractivity contribution in [3.63, 3.8) is 0 Å². The van der Waals surface area contributed by atoms with E-state index in [0.29, 0.717) is 0 Å². The first-order valence-corrected chi connectivity index (χ1v) is 7.02. The second-order valence-corrected chi connectivity index (χ2v) is 5.07. The van der Waals surface area contributed by atoms with E-state index in [-0.39, 0.29) is 6.03 Å². The minimum Gasteiger partial charge on any atom is -0.331 e. The molecule has 3 nitrogen and oxygen atoms in total. The van der Waals surface area contributed by atoms with Crippen molar-refractivity contribution in [1.29, 1.82) is 0 Å². The standard InChI is InChI=1S/C14H30N2O/c1-5-6-7-8-9-10-11-12-13-16(4)14(17)15(2)3/h5-13H2,1-4H3. The number of hydrogen-bond donors (Lipinski definition) is 0. The van der Waals surface area contributed by atoms with E-state index in [2.05, 4.69) is 6.92 Å². The van der Waals surface area contributed by atoms with Gasteiger partial charge < -0.3 is 9.80 Å². The van der Waals surface area contributed by atoms with Crippen molar-refractivity contribution < 1.29 is 4.79 Å². The lowest BCUT2D eigenvalue weighted by Crippen LogP contribution is -2.36. The van der Waals surface area contributed by atoms with Gasteiger partial charge in [0, 0.05) is 27.7 Å². The molecule has 0 atom stereocenters. The van der Waals surface area contributed by atoms with Gasteiger partial charge in [-0.25, -0.2) is 4.79 Å². The SMILES string of the molecule is CCCCCCCCCCN(C)C(=O)N(C)C. The Bertz CT molecular complexity index is 193. The third-order valence-corrected chi connectivity index (χ3v) is 3.06. The van der Waals surface area contributed by atoms with E-state index >= 15 is 0 Å². The van der Waals surface area contributed by atoms with Crippen LogP contribution in [0.1, 0.15) is 58.3 Å².